The first kappa shape index (κ1) is 17.9. The summed E-state index contributed by atoms with van der Waals surface area (Å²) in [6, 6.07) is -0.229. The molecule has 0 radical (unpaired) electrons. The molecule has 1 fully saturated rings. The van der Waals surface area contributed by atoms with Gasteiger partial charge in [0.1, 0.15) is 0 Å². The third-order valence-corrected chi connectivity index (χ3v) is 4.05. The Morgan fingerprint density at radius 2 is 1.71 bits per heavy atom. The fraction of sp³-hybridized carbons (Fsp3) is 0.867. The number of hydrogen-bond donors (Lipinski definition) is 3. The van der Waals surface area contributed by atoms with Gasteiger partial charge in [-0.3, -0.25) is 14.5 Å². The SMILES string of the molecule is CC(C)[C@H](N)C(=O)NCC(=O)NCC(C)N1CCCCC1. The summed E-state index contributed by atoms with van der Waals surface area (Å²) in [5.41, 5.74) is 5.72. The molecule has 1 rings (SSSR count). The molecule has 4 N–H and O–H groups in total. The van der Waals surface area contributed by atoms with Crippen molar-refractivity contribution in [3.8, 4) is 0 Å². The Hall–Kier alpha value is -1.14. The lowest BCUT2D eigenvalue weighted by atomic mass is 10.1. The van der Waals surface area contributed by atoms with E-state index in [2.05, 4.69) is 22.5 Å². The Labute approximate surface area is 127 Å². The minimum atomic E-state index is -0.565. The van der Waals surface area contributed by atoms with Crippen molar-refractivity contribution in [1.29, 1.82) is 0 Å². The van der Waals surface area contributed by atoms with Crippen LogP contribution in [-0.2, 0) is 9.59 Å². The van der Waals surface area contributed by atoms with Crippen molar-refractivity contribution in [2.75, 3.05) is 26.2 Å². The number of carbonyl (C=O) groups excluding carboxylic acids is 2. The zero-order valence-corrected chi connectivity index (χ0v) is 13.5. The van der Waals surface area contributed by atoms with Gasteiger partial charge in [-0.05, 0) is 38.8 Å². The quantitative estimate of drug-likeness (QED) is 0.621. The highest BCUT2D eigenvalue weighted by molar-refractivity contribution is 5.87. The summed E-state index contributed by atoms with van der Waals surface area (Å²) in [6.45, 7) is 8.71. The fourth-order valence-corrected chi connectivity index (χ4v) is 2.40. The number of amides is 2. The maximum absolute atomic E-state index is 11.7. The molecule has 1 heterocycles. The Kier molecular flexibility index (Phi) is 7.67. The van der Waals surface area contributed by atoms with Gasteiger partial charge in [-0.2, -0.15) is 0 Å². The van der Waals surface area contributed by atoms with E-state index in [0.717, 1.165) is 13.1 Å². The Morgan fingerprint density at radius 1 is 1.10 bits per heavy atom. The summed E-state index contributed by atoms with van der Waals surface area (Å²) in [6.07, 6.45) is 3.78. The zero-order valence-electron chi connectivity index (χ0n) is 13.5. The van der Waals surface area contributed by atoms with E-state index >= 15 is 0 Å². The van der Waals surface area contributed by atoms with Crippen molar-refractivity contribution in [3.05, 3.63) is 0 Å². The van der Waals surface area contributed by atoms with Crippen LogP contribution in [-0.4, -0.2) is 55.0 Å². The van der Waals surface area contributed by atoms with E-state index in [1.807, 2.05) is 13.8 Å². The van der Waals surface area contributed by atoms with Crippen molar-refractivity contribution in [2.45, 2.75) is 52.1 Å². The summed E-state index contributed by atoms with van der Waals surface area (Å²) in [5, 5.41) is 5.44. The van der Waals surface area contributed by atoms with E-state index in [9.17, 15) is 9.59 Å². The predicted molar refractivity (Wildman–Crippen MR) is 83.7 cm³/mol. The van der Waals surface area contributed by atoms with Gasteiger partial charge in [-0.1, -0.05) is 20.3 Å². The second-order valence-electron chi connectivity index (χ2n) is 6.24. The minimum Gasteiger partial charge on any atom is -0.353 e. The zero-order chi connectivity index (χ0) is 15.8. The second kappa shape index (κ2) is 9.00. The van der Waals surface area contributed by atoms with E-state index in [1.165, 1.54) is 19.3 Å². The molecule has 0 aromatic rings. The Morgan fingerprint density at radius 3 is 2.29 bits per heavy atom. The highest BCUT2D eigenvalue weighted by Gasteiger charge is 2.19. The third kappa shape index (κ3) is 6.44. The molecular weight excluding hydrogens is 268 g/mol. The number of piperidine rings is 1. The molecule has 0 spiro atoms. The molecule has 0 aliphatic carbocycles. The maximum atomic E-state index is 11.7. The normalized spacial score (nSPS) is 19.1. The molecule has 1 aliphatic heterocycles. The molecule has 6 nitrogen and oxygen atoms in total. The lowest BCUT2D eigenvalue weighted by Crippen LogP contribution is -2.49. The molecule has 0 bridgehead atoms. The number of carbonyl (C=O) groups is 2. The van der Waals surface area contributed by atoms with Crippen molar-refractivity contribution < 1.29 is 9.59 Å². The average molecular weight is 298 g/mol. The number of nitrogens with two attached hydrogens (primary N) is 1. The number of nitrogens with one attached hydrogen (secondary N) is 2. The molecular formula is C15H30N4O2. The first-order valence-electron chi connectivity index (χ1n) is 7.96. The molecule has 1 saturated heterocycles. The first-order chi connectivity index (χ1) is 9.91. The van der Waals surface area contributed by atoms with Crippen LogP contribution in [0.1, 0.15) is 40.0 Å². The molecule has 6 heteroatoms. The third-order valence-electron chi connectivity index (χ3n) is 4.05. The molecule has 1 unspecified atom stereocenters. The van der Waals surface area contributed by atoms with Crippen LogP contribution in [0.2, 0.25) is 0 Å². The van der Waals surface area contributed by atoms with E-state index in [4.69, 9.17) is 5.73 Å². The van der Waals surface area contributed by atoms with Gasteiger partial charge in [0, 0.05) is 12.6 Å². The van der Waals surface area contributed by atoms with Crippen LogP contribution in [0.5, 0.6) is 0 Å². The van der Waals surface area contributed by atoms with E-state index in [-0.39, 0.29) is 24.3 Å². The van der Waals surface area contributed by atoms with Gasteiger partial charge in [0.05, 0.1) is 12.6 Å². The van der Waals surface area contributed by atoms with Crippen LogP contribution in [0.25, 0.3) is 0 Å². The Balaban J connectivity index is 2.20. The van der Waals surface area contributed by atoms with Gasteiger partial charge in [0.15, 0.2) is 0 Å². The molecule has 0 aromatic carbocycles. The second-order valence-corrected chi connectivity index (χ2v) is 6.24. The summed E-state index contributed by atoms with van der Waals surface area (Å²) in [4.78, 5) is 25.8. The van der Waals surface area contributed by atoms with E-state index < -0.39 is 6.04 Å². The molecule has 21 heavy (non-hydrogen) atoms. The number of nitrogens with zero attached hydrogens (tertiary/aromatic N) is 1. The standard InChI is InChI=1S/C15H30N4O2/c1-11(2)14(16)15(21)18-10-13(20)17-9-12(3)19-7-5-4-6-8-19/h11-12,14H,4-10,16H2,1-3H3,(H,17,20)(H,18,21)/t12?,14-/m0/s1. The van der Waals surface area contributed by atoms with Crippen LogP contribution >= 0.6 is 0 Å². The van der Waals surface area contributed by atoms with Gasteiger partial charge < -0.3 is 16.4 Å². The first-order valence-corrected chi connectivity index (χ1v) is 7.96. The molecule has 0 aromatic heterocycles. The smallest absolute Gasteiger partial charge is 0.239 e. The predicted octanol–water partition coefficient (Wildman–Crippen LogP) is 0.0765. The van der Waals surface area contributed by atoms with Gasteiger partial charge in [0.25, 0.3) is 0 Å². The summed E-state index contributed by atoms with van der Waals surface area (Å²) in [5.74, 6) is -0.375. The highest BCUT2D eigenvalue weighted by atomic mass is 16.2. The molecule has 122 valence electrons. The largest absolute Gasteiger partial charge is 0.353 e. The van der Waals surface area contributed by atoms with Crippen LogP contribution in [0.4, 0.5) is 0 Å². The fourth-order valence-electron chi connectivity index (χ4n) is 2.40. The molecule has 1 aliphatic rings. The number of likely N-dealkylation sites (tertiary alicyclic amines) is 1. The maximum Gasteiger partial charge on any atom is 0.239 e. The summed E-state index contributed by atoms with van der Waals surface area (Å²) < 4.78 is 0. The molecule has 0 saturated carbocycles. The van der Waals surface area contributed by atoms with Crippen molar-refractivity contribution in [2.24, 2.45) is 11.7 Å². The van der Waals surface area contributed by atoms with Crippen molar-refractivity contribution in [3.63, 3.8) is 0 Å². The lowest BCUT2D eigenvalue weighted by molar-refractivity contribution is -0.127. The highest BCUT2D eigenvalue weighted by Crippen LogP contribution is 2.11. The van der Waals surface area contributed by atoms with Gasteiger partial charge in [-0.25, -0.2) is 0 Å². The Bertz CT molecular complexity index is 341. The minimum absolute atomic E-state index is 0.00796. The van der Waals surface area contributed by atoms with Crippen LogP contribution in [0, 0.1) is 5.92 Å². The summed E-state index contributed by atoms with van der Waals surface area (Å²) >= 11 is 0. The van der Waals surface area contributed by atoms with Gasteiger partial charge >= 0.3 is 0 Å². The average Bonchev–Trinajstić information content (AvgIpc) is 2.50. The summed E-state index contributed by atoms with van der Waals surface area (Å²) in [7, 11) is 0. The van der Waals surface area contributed by atoms with Crippen LogP contribution in [0.15, 0.2) is 0 Å². The topological polar surface area (TPSA) is 87.5 Å². The number of rotatable bonds is 7. The monoisotopic (exact) mass is 298 g/mol. The molecule has 2 atom stereocenters. The molecule has 2 amide bonds. The van der Waals surface area contributed by atoms with Gasteiger partial charge in [-0.15, -0.1) is 0 Å². The lowest BCUT2D eigenvalue weighted by Gasteiger charge is -2.32. The van der Waals surface area contributed by atoms with Crippen LogP contribution < -0.4 is 16.4 Å². The van der Waals surface area contributed by atoms with Gasteiger partial charge in [0.2, 0.25) is 11.8 Å². The van der Waals surface area contributed by atoms with E-state index in [1.54, 1.807) is 0 Å². The number of hydrogen-bond acceptors (Lipinski definition) is 4. The van der Waals surface area contributed by atoms with Crippen molar-refractivity contribution >= 4 is 11.8 Å². The van der Waals surface area contributed by atoms with E-state index in [0.29, 0.717) is 12.6 Å². The van der Waals surface area contributed by atoms with Crippen LogP contribution in [0.3, 0.4) is 0 Å². The van der Waals surface area contributed by atoms with Crippen molar-refractivity contribution in [1.82, 2.24) is 15.5 Å².